The zero-order valence-corrected chi connectivity index (χ0v) is 9.55. The minimum Gasteiger partial charge on any atom is -0.480 e. The molecule has 1 atom stereocenters. The van der Waals surface area contributed by atoms with Gasteiger partial charge in [-0.05, 0) is 12.0 Å². The maximum atomic E-state index is 11.4. The largest absolute Gasteiger partial charge is 0.480 e. The molecule has 0 radical (unpaired) electrons. The summed E-state index contributed by atoms with van der Waals surface area (Å²) in [7, 11) is 0. The van der Waals surface area contributed by atoms with Crippen molar-refractivity contribution in [1.29, 1.82) is 0 Å². The Bertz CT molecular complexity index is 404. The number of carboxylic acid groups (broad SMARTS) is 1. The lowest BCUT2D eigenvalue weighted by Crippen LogP contribution is -2.41. The number of carbonyl (C=O) groups excluding carboxylic acids is 1. The van der Waals surface area contributed by atoms with Crippen LogP contribution in [0.5, 0.6) is 0 Å². The Labute approximate surface area is 99.2 Å². The van der Waals surface area contributed by atoms with Crippen LogP contribution >= 0.6 is 0 Å². The van der Waals surface area contributed by atoms with Crippen molar-refractivity contribution in [2.24, 2.45) is 5.73 Å². The Morgan fingerprint density at radius 3 is 2.35 bits per heavy atom. The zero-order chi connectivity index (χ0) is 12.9. The quantitative estimate of drug-likeness (QED) is 0.812. The minimum absolute atomic E-state index is 0.266. The van der Waals surface area contributed by atoms with E-state index in [1.165, 1.54) is 0 Å². The van der Waals surface area contributed by atoms with E-state index < -0.39 is 17.5 Å². The molecule has 1 amide bonds. The Morgan fingerprint density at radius 2 is 1.94 bits per heavy atom. The van der Waals surface area contributed by atoms with Gasteiger partial charge >= 0.3 is 12.1 Å². The first kappa shape index (κ1) is 13.0. The fraction of sp³-hybridized carbons (Fsp3) is 0.333. The molecule has 1 rings (SSSR count). The number of hydrogen-bond acceptors (Lipinski definition) is 3. The summed E-state index contributed by atoms with van der Waals surface area (Å²) in [6.07, 6.45) is -0.667. The predicted molar refractivity (Wildman–Crippen MR) is 61.6 cm³/mol. The molecule has 0 aromatic heterocycles. The van der Waals surface area contributed by atoms with Crippen molar-refractivity contribution < 1.29 is 19.4 Å². The molecular weight excluding hydrogens is 222 g/mol. The summed E-state index contributed by atoms with van der Waals surface area (Å²) < 4.78 is 4.67. The van der Waals surface area contributed by atoms with Crippen molar-refractivity contribution in [3.05, 3.63) is 35.9 Å². The molecule has 17 heavy (non-hydrogen) atoms. The van der Waals surface area contributed by atoms with Crippen molar-refractivity contribution in [2.45, 2.75) is 18.8 Å². The van der Waals surface area contributed by atoms with Gasteiger partial charge in [0.05, 0.1) is 0 Å². The van der Waals surface area contributed by atoms with E-state index in [2.05, 4.69) is 4.74 Å². The Hall–Kier alpha value is -2.04. The van der Waals surface area contributed by atoms with Gasteiger partial charge in [0.15, 0.2) is 0 Å². The highest BCUT2D eigenvalue weighted by atomic mass is 16.5. The van der Waals surface area contributed by atoms with E-state index in [-0.39, 0.29) is 6.61 Å². The predicted octanol–water partition coefficient (Wildman–Crippen LogP) is 1.51. The zero-order valence-electron chi connectivity index (χ0n) is 9.55. The summed E-state index contributed by atoms with van der Waals surface area (Å²) in [5.74, 6) is -1.03. The molecule has 0 fully saturated rings. The molecular formula is C12H15NO4. The van der Waals surface area contributed by atoms with Crippen molar-refractivity contribution in [1.82, 2.24) is 0 Å². The highest BCUT2D eigenvalue weighted by Gasteiger charge is 2.40. The topological polar surface area (TPSA) is 89.6 Å². The lowest BCUT2D eigenvalue weighted by molar-refractivity contribution is -0.145. The highest BCUT2D eigenvalue weighted by Crippen LogP contribution is 2.28. The van der Waals surface area contributed by atoms with Gasteiger partial charge in [0, 0.05) is 0 Å². The van der Waals surface area contributed by atoms with Gasteiger partial charge in [0.25, 0.3) is 0 Å². The van der Waals surface area contributed by atoms with Crippen LogP contribution in [0.2, 0.25) is 0 Å². The molecule has 5 heteroatoms. The van der Waals surface area contributed by atoms with Gasteiger partial charge in [0.1, 0.15) is 12.0 Å². The second-order valence-electron chi connectivity index (χ2n) is 3.71. The van der Waals surface area contributed by atoms with Crippen molar-refractivity contribution in [2.75, 3.05) is 6.61 Å². The maximum Gasteiger partial charge on any atom is 0.404 e. The van der Waals surface area contributed by atoms with Crippen molar-refractivity contribution in [3.8, 4) is 0 Å². The number of hydrogen-bond donors (Lipinski definition) is 2. The second-order valence-corrected chi connectivity index (χ2v) is 3.71. The van der Waals surface area contributed by atoms with E-state index in [1.807, 2.05) is 0 Å². The number of amides is 1. The molecule has 0 heterocycles. The standard InChI is InChI=1S/C12H15NO4/c1-2-12(10(14)15,8-17-11(13)16)9-6-4-3-5-7-9/h3-7H,2,8H2,1H3,(H2,13,16)(H,14,15). The second kappa shape index (κ2) is 5.34. The number of carboxylic acids is 1. The number of rotatable bonds is 5. The number of ether oxygens (including phenoxy) is 1. The molecule has 5 nitrogen and oxygen atoms in total. The molecule has 0 aliphatic heterocycles. The Kier molecular flexibility index (Phi) is 4.09. The molecule has 92 valence electrons. The van der Waals surface area contributed by atoms with Gasteiger partial charge in [-0.15, -0.1) is 0 Å². The fourth-order valence-corrected chi connectivity index (χ4v) is 1.68. The van der Waals surface area contributed by atoms with E-state index in [0.29, 0.717) is 12.0 Å². The fourth-order valence-electron chi connectivity index (χ4n) is 1.68. The SMILES string of the molecule is CCC(COC(N)=O)(C(=O)O)c1ccccc1. The number of nitrogens with two attached hydrogens (primary N) is 1. The normalized spacial score (nSPS) is 13.7. The van der Waals surface area contributed by atoms with Crippen molar-refractivity contribution in [3.63, 3.8) is 0 Å². The molecule has 0 bridgehead atoms. The van der Waals surface area contributed by atoms with E-state index in [0.717, 1.165) is 0 Å². The molecule has 0 aliphatic carbocycles. The van der Waals surface area contributed by atoms with Crippen LogP contribution in [0.25, 0.3) is 0 Å². The summed E-state index contributed by atoms with van der Waals surface area (Å²) in [5, 5.41) is 9.36. The molecule has 0 saturated heterocycles. The molecule has 0 spiro atoms. The number of primary amides is 1. The Balaban J connectivity index is 3.09. The van der Waals surface area contributed by atoms with Gasteiger partial charge in [0.2, 0.25) is 0 Å². The van der Waals surface area contributed by atoms with Crippen LogP contribution in [0.1, 0.15) is 18.9 Å². The van der Waals surface area contributed by atoms with Crippen molar-refractivity contribution >= 4 is 12.1 Å². The average Bonchev–Trinajstić information content (AvgIpc) is 2.31. The summed E-state index contributed by atoms with van der Waals surface area (Å²) in [6, 6.07) is 8.67. The number of carbonyl (C=O) groups is 2. The lowest BCUT2D eigenvalue weighted by Gasteiger charge is -2.27. The summed E-state index contributed by atoms with van der Waals surface area (Å²) >= 11 is 0. The summed E-state index contributed by atoms with van der Waals surface area (Å²) in [5.41, 5.74) is 4.23. The van der Waals surface area contributed by atoms with Gasteiger partial charge in [-0.25, -0.2) is 4.79 Å². The van der Waals surface area contributed by atoms with Gasteiger partial charge < -0.3 is 15.6 Å². The van der Waals surface area contributed by atoms with Crippen LogP contribution in [0.15, 0.2) is 30.3 Å². The molecule has 0 aliphatic rings. The first-order chi connectivity index (χ1) is 8.03. The highest BCUT2D eigenvalue weighted by molar-refractivity contribution is 5.82. The smallest absolute Gasteiger partial charge is 0.404 e. The van der Waals surface area contributed by atoms with E-state index in [1.54, 1.807) is 37.3 Å². The first-order valence-electron chi connectivity index (χ1n) is 5.24. The average molecular weight is 237 g/mol. The number of benzene rings is 1. The Morgan fingerprint density at radius 1 is 1.35 bits per heavy atom. The lowest BCUT2D eigenvalue weighted by atomic mass is 9.79. The van der Waals surface area contributed by atoms with E-state index in [4.69, 9.17) is 5.73 Å². The summed E-state index contributed by atoms with van der Waals surface area (Å²) in [6.45, 7) is 1.46. The number of aliphatic carboxylic acids is 1. The van der Waals surface area contributed by atoms with Crippen LogP contribution in [-0.4, -0.2) is 23.8 Å². The third-order valence-electron chi connectivity index (χ3n) is 2.80. The van der Waals surface area contributed by atoms with Crippen LogP contribution in [0.4, 0.5) is 4.79 Å². The summed E-state index contributed by atoms with van der Waals surface area (Å²) in [4.78, 5) is 22.1. The van der Waals surface area contributed by atoms with Gasteiger partial charge in [-0.3, -0.25) is 4.79 Å². The third-order valence-corrected chi connectivity index (χ3v) is 2.80. The van der Waals surface area contributed by atoms with Crippen LogP contribution in [0.3, 0.4) is 0 Å². The van der Waals surface area contributed by atoms with Crippen LogP contribution in [-0.2, 0) is 14.9 Å². The molecule has 3 N–H and O–H groups in total. The minimum atomic E-state index is -1.24. The van der Waals surface area contributed by atoms with Crippen LogP contribution in [0, 0.1) is 0 Å². The molecule has 0 saturated carbocycles. The molecule has 1 aromatic carbocycles. The third kappa shape index (κ3) is 2.75. The molecule has 1 aromatic rings. The first-order valence-corrected chi connectivity index (χ1v) is 5.24. The van der Waals surface area contributed by atoms with E-state index >= 15 is 0 Å². The maximum absolute atomic E-state index is 11.4. The monoisotopic (exact) mass is 237 g/mol. The van der Waals surface area contributed by atoms with Crippen LogP contribution < -0.4 is 5.73 Å². The van der Waals surface area contributed by atoms with Gasteiger partial charge in [-0.1, -0.05) is 37.3 Å². The van der Waals surface area contributed by atoms with Gasteiger partial charge in [-0.2, -0.15) is 0 Å². The van der Waals surface area contributed by atoms with E-state index in [9.17, 15) is 14.7 Å². The molecule has 1 unspecified atom stereocenters.